The number of likely N-dealkylation sites (N-methyl/N-ethyl adjacent to an activating group) is 1. The molecule has 3 aromatic rings. The summed E-state index contributed by atoms with van der Waals surface area (Å²) in [4.78, 5) is 26.0. The topological polar surface area (TPSA) is 106 Å². The van der Waals surface area contributed by atoms with Crippen molar-refractivity contribution >= 4 is 21.9 Å². The molecule has 0 unspecified atom stereocenters. The van der Waals surface area contributed by atoms with E-state index in [-0.39, 0.29) is 29.3 Å². The van der Waals surface area contributed by atoms with E-state index in [9.17, 15) is 18.0 Å². The zero-order chi connectivity index (χ0) is 24.7. The highest BCUT2D eigenvalue weighted by Crippen LogP contribution is 2.28. The van der Waals surface area contributed by atoms with E-state index in [1.54, 1.807) is 19.2 Å². The largest absolute Gasteiger partial charge is 0.495 e. The number of rotatable bonds is 10. The highest BCUT2D eigenvalue weighted by atomic mass is 32.2. The fourth-order valence-electron chi connectivity index (χ4n) is 3.14. The predicted molar refractivity (Wildman–Crippen MR) is 124 cm³/mol. The molecule has 3 rings (SSSR count). The average molecular weight is 487 g/mol. The van der Waals surface area contributed by atoms with Crippen LogP contribution < -0.4 is 4.74 Å². The van der Waals surface area contributed by atoms with Gasteiger partial charge in [-0.1, -0.05) is 30.3 Å². The molecule has 0 aliphatic heterocycles. The summed E-state index contributed by atoms with van der Waals surface area (Å²) in [6, 6.07) is 16.5. The summed E-state index contributed by atoms with van der Waals surface area (Å²) in [5.41, 5.74) is 0.786. The van der Waals surface area contributed by atoms with E-state index in [1.165, 1.54) is 47.8 Å². The van der Waals surface area contributed by atoms with Gasteiger partial charge < -0.3 is 18.8 Å². The lowest BCUT2D eigenvalue weighted by Crippen LogP contribution is -2.30. The minimum atomic E-state index is -3.99. The predicted octanol–water partition coefficient (Wildman–Crippen LogP) is 2.92. The number of nitrogens with zero attached hydrogens (tertiary/aromatic N) is 2. The Balaban J connectivity index is 1.72. The van der Waals surface area contributed by atoms with Crippen molar-refractivity contribution in [3.05, 3.63) is 83.8 Å². The van der Waals surface area contributed by atoms with Gasteiger partial charge in [-0.15, -0.1) is 0 Å². The maximum atomic E-state index is 13.2. The lowest BCUT2D eigenvalue weighted by molar-refractivity contribution is -0.133. The zero-order valence-corrected chi connectivity index (χ0v) is 19.9. The van der Waals surface area contributed by atoms with Crippen LogP contribution in [0.3, 0.4) is 0 Å². The average Bonchev–Trinajstić information content (AvgIpc) is 3.35. The number of amides is 1. The van der Waals surface area contributed by atoms with Gasteiger partial charge in [0.15, 0.2) is 6.61 Å². The summed E-state index contributed by atoms with van der Waals surface area (Å²) in [6.45, 7) is -0.141. The Labute approximate surface area is 198 Å². The van der Waals surface area contributed by atoms with Crippen molar-refractivity contribution in [2.45, 2.75) is 18.0 Å². The van der Waals surface area contributed by atoms with Crippen LogP contribution in [0.2, 0.25) is 0 Å². The molecule has 9 nitrogen and oxygen atoms in total. The van der Waals surface area contributed by atoms with Crippen LogP contribution in [0.25, 0.3) is 0 Å². The minimum Gasteiger partial charge on any atom is -0.495 e. The third-order valence-corrected chi connectivity index (χ3v) is 6.89. The smallest absolute Gasteiger partial charge is 0.338 e. The van der Waals surface area contributed by atoms with Gasteiger partial charge in [0, 0.05) is 20.6 Å². The first-order valence-electron chi connectivity index (χ1n) is 10.3. The molecule has 0 atom stereocenters. The molecular weight excluding hydrogens is 460 g/mol. The van der Waals surface area contributed by atoms with Crippen LogP contribution in [0, 0.1) is 0 Å². The van der Waals surface area contributed by atoms with E-state index in [4.69, 9.17) is 13.9 Å². The quantitative estimate of drug-likeness (QED) is 0.406. The number of hydrogen-bond donors (Lipinski definition) is 0. The zero-order valence-electron chi connectivity index (χ0n) is 19.1. The van der Waals surface area contributed by atoms with E-state index in [0.29, 0.717) is 5.76 Å². The number of hydrogen-bond acceptors (Lipinski definition) is 7. The normalized spacial score (nSPS) is 11.3. The maximum absolute atomic E-state index is 13.2. The minimum absolute atomic E-state index is 0.0195. The van der Waals surface area contributed by atoms with Crippen molar-refractivity contribution in [2.75, 3.05) is 27.8 Å². The van der Waals surface area contributed by atoms with Crippen LogP contribution >= 0.6 is 0 Å². The summed E-state index contributed by atoms with van der Waals surface area (Å²) >= 11 is 0. The second kappa shape index (κ2) is 11.0. The molecule has 0 N–H and O–H groups in total. The van der Waals surface area contributed by atoms with Crippen LogP contribution in [-0.4, -0.2) is 57.3 Å². The number of benzene rings is 2. The maximum Gasteiger partial charge on any atom is 0.338 e. The van der Waals surface area contributed by atoms with Crippen LogP contribution in [0.5, 0.6) is 5.75 Å². The summed E-state index contributed by atoms with van der Waals surface area (Å²) in [6.07, 6.45) is 1.50. The molecule has 1 amide bonds. The molecule has 0 fully saturated rings. The molecule has 0 saturated carbocycles. The van der Waals surface area contributed by atoms with Gasteiger partial charge in [0.1, 0.15) is 16.4 Å². The van der Waals surface area contributed by atoms with Crippen molar-refractivity contribution in [2.24, 2.45) is 0 Å². The first kappa shape index (κ1) is 25.0. The molecule has 0 aliphatic rings. The first-order chi connectivity index (χ1) is 16.2. The number of carbonyl (C=O) groups is 2. The lowest BCUT2D eigenvalue weighted by atomic mass is 10.2. The Bertz CT molecular complexity index is 1230. The SMILES string of the molecule is COc1ccc(C(=O)OCC(=O)N(C)Cc2ccco2)cc1S(=O)(=O)N(C)Cc1ccccc1. The number of ether oxygens (including phenoxy) is 2. The first-order valence-corrected chi connectivity index (χ1v) is 11.8. The molecule has 0 radical (unpaired) electrons. The van der Waals surface area contributed by atoms with Crippen LogP contribution in [-0.2, 0) is 32.6 Å². The van der Waals surface area contributed by atoms with E-state index >= 15 is 0 Å². The van der Waals surface area contributed by atoms with Gasteiger partial charge in [-0.2, -0.15) is 4.31 Å². The molecule has 0 bridgehead atoms. The highest BCUT2D eigenvalue weighted by Gasteiger charge is 2.27. The summed E-state index contributed by atoms with van der Waals surface area (Å²) < 4.78 is 43.1. The number of esters is 1. The Morgan fingerprint density at radius 3 is 2.35 bits per heavy atom. The van der Waals surface area contributed by atoms with Crippen LogP contribution in [0.15, 0.2) is 76.2 Å². The number of furan rings is 1. The molecule has 0 spiro atoms. The number of methoxy groups -OCH3 is 1. The van der Waals surface area contributed by atoms with Gasteiger partial charge in [-0.05, 0) is 35.9 Å². The van der Waals surface area contributed by atoms with Crippen LogP contribution in [0.1, 0.15) is 21.7 Å². The van der Waals surface area contributed by atoms with Gasteiger partial charge in [0.2, 0.25) is 10.0 Å². The second-order valence-electron chi connectivity index (χ2n) is 7.52. The lowest BCUT2D eigenvalue weighted by Gasteiger charge is -2.19. The number of sulfonamides is 1. The van der Waals surface area contributed by atoms with Crippen molar-refractivity contribution in [3.63, 3.8) is 0 Å². The van der Waals surface area contributed by atoms with E-state index in [2.05, 4.69) is 0 Å². The molecule has 0 aliphatic carbocycles. The summed E-state index contributed by atoms with van der Waals surface area (Å²) in [7, 11) is 0.349. The summed E-state index contributed by atoms with van der Waals surface area (Å²) in [5, 5.41) is 0. The van der Waals surface area contributed by atoms with E-state index in [1.807, 2.05) is 30.3 Å². The third kappa shape index (κ3) is 6.03. The van der Waals surface area contributed by atoms with Crippen LogP contribution in [0.4, 0.5) is 0 Å². The molecule has 2 aromatic carbocycles. The molecule has 180 valence electrons. The van der Waals surface area contributed by atoms with Gasteiger partial charge in [0.25, 0.3) is 5.91 Å². The standard InChI is InChI=1S/C24H26N2O7S/c1-25(16-20-10-7-13-32-20)23(27)17-33-24(28)19-11-12-21(31-3)22(14-19)34(29,30)26(2)15-18-8-5-4-6-9-18/h4-14H,15-17H2,1-3H3. The molecule has 10 heteroatoms. The van der Waals surface area contributed by atoms with Gasteiger partial charge >= 0.3 is 5.97 Å². The fraction of sp³-hybridized carbons (Fsp3) is 0.250. The van der Waals surface area contributed by atoms with Crippen molar-refractivity contribution in [1.29, 1.82) is 0 Å². The van der Waals surface area contributed by atoms with Crippen molar-refractivity contribution < 1.29 is 31.9 Å². The van der Waals surface area contributed by atoms with E-state index in [0.717, 1.165) is 5.56 Å². The van der Waals surface area contributed by atoms with Gasteiger partial charge in [-0.3, -0.25) is 4.79 Å². The summed E-state index contributed by atoms with van der Waals surface area (Å²) in [5.74, 6) is -0.587. The van der Waals surface area contributed by atoms with E-state index < -0.39 is 28.5 Å². The highest BCUT2D eigenvalue weighted by molar-refractivity contribution is 7.89. The second-order valence-corrected chi connectivity index (χ2v) is 9.53. The third-order valence-electron chi connectivity index (χ3n) is 5.06. The Morgan fingerprint density at radius 1 is 0.971 bits per heavy atom. The van der Waals surface area contributed by atoms with Crippen molar-refractivity contribution in [1.82, 2.24) is 9.21 Å². The monoisotopic (exact) mass is 486 g/mol. The molecule has 1 aromatic heterocycles. The molecule has 34 heavy (non-hydrogen) atoms. The van der Waals surface area contributed by atoms with Gasteiger partial charge in [-0.25, -0.2) is 13.2 Å². The Kier molecular flexibility index (Phi) is 8.08. The molecule has 1 heterocycles. The van der Waals surface area contributed by atoms with Crippen molar-refractivity contribution in [3.8, 4) is 5.75 Å². The van der Waals surface area contributed by atoms with Gasteiger partial charge in [0.05, 0.1) is 25.5 Å². The molecule has 0 saturated heterocycles. The molecular formula is C24H26N2O7S. The fourth-order valence-corrected chi connectivity index (χ4v) is 4.48. The Hall–Kier alpha value is -3.63. The Morgan fingerprint density at radius 2 is 1.71 bits per heavy atom. The number of carbonyl (C=O) groups excluding carboxylic acids is 2.